The van der Waals surface area contributed by atoms with E-state index in [-0.39, 0.29) is 18.9 Å². The zero-order valence-corrected chi connectivity index (χ0v) is 15.9. The highest BCUT2D eigenvalue weighted by atomic mass is 16.6. The van der Waals surface area contributed by atoms with Gasteiger partial charge in [-0.1, -0.05) is 38.2 Å². The summed E-state index contributed by atoms with van der Waals surface area (Å²) in [7, 11) is 2.51. The van der Waals surface area contributed by atoms with Gasteiger partial charge in [-0.2, -0.15) is 0 Å². The second kappa shape index (κ2) is 9.62. The molecule has 0 spiro atoms. The fourth-order valence-electron chi connectivity index (χ4n) is 2.94. The van der Waals surface area contributed by atoms with E-state index < -0.39 is 23.0 Å². The van der Waals surface area contributed by atoms with Gasteiger partial charge < -0.3 is 14.2 Å². The van der Waals surface area contributed by atoms with E-state index in [9.17, 15) is 9.59 Å². The fourth-order valence-corrected chi connectivity index (χ4v) is 2.94. The molecule has 0 aromatic heterocycles. The summed E-state index contributed by atoms with van der Waals surface area (Å²) in [6, 6.07) is 0. The summed E-state index contributed by atoms with van der Waals surface area (Å²) < 4.78 is 15.4. The molecule has 5 nitrogen and oxygen atoms in total. The minimum absolute atomic E-state index is 0.132. The maximum atomic E-state index is 12.3. The van der Waals surface area contributed by atoms with Crippen LogP contribution in [0.1, 0.15) is 58.8 Å². The molecule has 0 radical (unpaired) electrons. The lowest BCUT2D eigenvalue weighted by Crippen LogP contribution is -2.42. The molecule has 1 saturated heterocycles. The summed E-state index contributed by atoms with van der Waals surface area (Å²) in [5.41, 5.74) is -2.06. The highest BCUT2D eigenvalue weighted by Gasteiger charge is 2.59. The molecule has 0 aliphatic carbocycles. The van der Waals surface area contributed by atoms with Crippen molar-refractivity contribution in [3.05, 3.63) is 12.7 Å². The third-order valence-corrected chi connectivity index (χ3v) is 4.62. The first kappa shape index (κ1) is 21.2. The van der Waals surface area contributed by atoms with Crippen LogP contribution >= 0.6 is 0 Å². The van der Waals surface area contributed by atoms with Crippen LogP contribution in [0.4, 0.5) is 0 Å². The van der Waals surface area contributed by atoms with Crippen molar-refractivity contribution in [3.8, 4) is 11.8 Å². The molecule has 5 heteroatoms. The number of methoxy groups -OCH3 is 2. The van der Waals surface area contributed by atoms with Crippen molar-refractivity contribution in [2.45, 2.75) is 70.5 Å². The average Bonchev–Trinajstić information content (AvgIpc) is 3.25. The summed E-state index contributed by atoms with van der Waals surface area (Å²) >= 11 is 0. The van der Waals surface area contributed by atoms with Crippen LogP contribution < -0.4 is 0 Å². The van der Waals surface area contributed by atoms with Gasteiger partial charge in [-0.15, -0.1) is 12.5 Å². The molecule has 25 heavy (non-hydrogen) atoms. The molecule has 0 amide bonds. The first-order valence-corrected chi connectivity index (χ1v) is 8.85. The van der Waals surface area contributed by atoms with E-state index in [0.717, 1.165) is 12.8 Å². The van der Waals surface area contributed by atoms with Crippen LogP contribution in [0.25, 0.3) is 0 Å². The van der Waals surface area contributed by atoms with Crippen molar-refractivity contribution in [3.63, 3.8) is 0 Å². The third-order valence-electron chi connectivity index (χ3n) is 4.62. The largest absolute Gasteiger partial charge is 0.468 e. The molecule has 0 aromatic rings. The van der Waals surface area contributed by atoms with Crippen molar-refractivity contribution in [2.75, 3.05) is 14.2 Å². The summed E-state index contributed by atoms with van der Waals surface area (Å²) in [5, 5.41) is 0. The number of hydrogen-bond donors (Lipinski definition) is 0. The summed E-state index contributed by atoms with van der Waals surface area (Å²) in [5.74, 6) is 5.02. The number of epoxide rings is 1. The van der Waals surface area contributed by atoms with E-state index in [1.54, 1.807) is 0 Å². The van der Waals surface area contributed by atoms with Gasteiger partial charge in [-0.05, 0) is 19.8 Å². The van der Waals surface area contributed by atoms with E-state index in [1.807, 2.05) is 6.92 Å². The standard InChI is InChI=1S/C20H30O5/c1-6-8-9-10-11-12-14-19(3)16(25-19)15-20(13-7-2,17(21)23-4)18(22)24-5/h7,16H,2,6,8-11,13,15H2,1,3-5H3/t16-,19+/m1/s1. The highest BCUT2D eigenvalue weighted by molar-refractivity contribution is 6.00. The first-order chi connectivity index (χ1) is 11.9. The van der Waals surface area contributed by atoms with Crippen LogP contribution in [0, 0.1) is 17.3 Å². The smallest absolute Gasteiger partial charge is 0.323 e. The van der Waals surface area contributed by atoms with Crippen molar-refractivity contribution in [1.82, 2.24) is 0 Å². The Bertz CT molecular complexity index is 526. The van der Waals surface area contributed by atoms with Crippen LogP contribution in [-0.4, -0.2) is 37.9 Å². The number of hydrogen-bond acceptors (Lipinski definition) is 5. The second-order valence-corrected chi connectivity index (χ2v) is 6.59. The van der Waals surface area contributed by atoms with Gasteiger partial charge in [-0.25, -0.2) is 0 Å². The van der Waals surface area contributed by atoms with Gasteiger partial charge in [0.1, 0.15) is 6.10 Å². The number of ether oxygens (including phenoxy) is 3. The zero-order chi connectivity index (χ0) is 18.9. The Morgan fingerprint density at radius 1 is 1.24 bits per heavy atom. The predicted molar refractivity (Wildman–Crippen MR) is 95.7 cm³/mol. The number of rotatable bonds is 10. The molecule has 1 fully saturated rings. The van der Waals surface area contributed by atoms with Crippen LogP contribution in [-0.2, 0) is 23.8 Å². The number of esters is 2. The zero-order valence-electron chi connectivity index (χ0n) is 15.9. The Labute approximate surface area is 151 Å². The van der Waals surface area contributed by atoms with Gasteiger partial charge in [0.2, 0.25) is 0 Å². The summed E-state index contributed by atoms with van der Waals surface area (Å²) in [6.07, 6.45) is 7.01. The Hall–Kier alpha value is -1.80. The van der Waals surface area contributed by atoms with E-state index in [4.69, 9.17) is 14.2 Å². The van der Waals surface area contributed by atoms with E-state index >= 15 is 0 Å². The topological polar surface area (TPSA) is 65.1 Å². The molecule has 2 atom stereocenters. The Balaban J connectivity index is 2.77. The molecule has 0 bridgehead atoms. The summed E-state index contributed by atoms with van der Waals surface area (Å²) in [6.45, 7) is 7.70. The quantitative estimate of drug-likeness (QED) is 0.151. The van der Waals surface area contributed by atoms with E-state index in [2.05, 4.69) is 25.3 Å². The minimum atomic E-state index is -1.43. The SMILES string of the molecule is C=CCC(C[C@H]1O[C@@]1(C)C#CCCCCCC)(C(=O)OC)C(=O)OC. The Morgan fingerprint density at radius 2 is 1.88 bits per heavy atom. The van der Waals surface area contributed by atoms with Crippen LogP contribution in [0.5, 0.6) is 0 Å². The third kappa shape index (κ3) is 5.34. The highest BCUT2D eigenvalue weighted by Crippen LogP contribution is 2.45. The predicted octanol–water partition coefficient (Wildman–Crippen LogP) is 3.42. The molecule has 0 unspecified atom stereocenters. The van der Waals surface area contributed by atoms with Crippen LogP contribution in [0.15, 0.2) is 12.7 Å². The van der Waals surface area contributed by atoms with Gasteiger partial charge >= 0.3 is 11.9 Å². The van der Waals surface area contributed by atoms with Crippen LogP contribution in [0.2, 0.25) is 0 Å². The molecule has 1 heterocycles. The lowest BCUT2D eigenvalue weighted by Gasteiger charge is -2.26. The number of allylic oxidation sites excluding steroid dienone is 1. The fraction of sp³-hybridized carbons (Fsp3) is 0.700. The van der Waals surface area contributed by atoms with Crippen molar-refractivity contribution in [1.29, 1.82) is 0 Å². The monoisotopic (exact) mass is 350 g/mol. The molecule has 1 rings (SSSR count). The first-order valence-electron chi connectivity index (χ1n) is 8.85. The van der Waals surface area contributed by atoms with E-state index in [1.165, 1.54) is 39.6 Å². The van der Waals surface area contributed by atoms with Gasteiger partial charge in [0.05, 0.1) is 14.2 Å². The average molecular weight is 350 g/mol. The minimum Gasteiger partial charge on any atom is -0.468 e. The lowest BCUT2D eigenvalue weighted by atomic mass is 9.78. The number of carbonyl (C=O) groups excluding carboxylic acids is 2. The molecule has 0 N–H and O–H groups in total. The van der Waals surface area contributed by atoms with Gasteiger partial charge in [0.15, 0.2) is 11.0 Å². The Kier molecular flexibility index (Phi) is 8.18. The van der Waals surface area contributed by atoms with Gasteiger partial charge in [0.25, 0.3) is 0 Å². The molecule has 1 aliphatic rings. The number of unbranched alkanes of at least 4 members (excludes halogenated alkanes) is 4. The maximum absolute atomic E-state index is 12.3. The van der Waals surface area contributed by atoms with Crippen molar-refractivity contribution >= 4 is 11.9 Å². The van der Waals surface area contributed by atoms with E-state index in [0.29, 0.717) is 0 Å². The van der Waals surface area contributed by atoms with Gasteiger partial charge in [0, 0.05) is 12.8 Å². The number of carbonyl (C=O) groups is 2. The van der Waals surface area contributed by atoms with Crippen molar-refractivity contribution < 1.29 is 23.8 Å². The lowest BCUT2D eigenvalue weighted by molar-refractivity contribution is -0.170. The molecule has 1 aliphatic heterocycles. The molecule has 0 saturated carbocycles. The molecular weight excluding hydrogens is 320 g/mol. The molecular formula is C20H30O5. The van der Waals surface area contributed by atoms with Crippen molar-refractivity contribution in [2.24, 2.45) is 5.41 Å². The molecule has 0 aromatic carbocycles. The Morgan fingerprint density at radius 3 is 2.40 bits per heavy atom. The summed E-state index contributed by atoms with van der Waals surface area (Å²) in [4.78, 5) is 24.6. The second-order valence-electron chi connectivity index (χ2n) is 6.59. The van der Waals surface area contributed by atoms with Crippen LogP contribution in [0.3, 0.4) is 0 Å². The maximum Gasteiger partial charge on any atom is 0.323 e. The normalized spacial score (nSPS) is 21.7. The van der Waals surface area contributed by atoms with Gasteiger partial charge in [-0.3, -0.25) is 9.59 Å². The molecule has 140 valence electrons.